The highest BCUT2D eigenvalue weighted by Crippen LogP contribution is 2.21. The number of aliphatic hydroxyl groups is 1. The Bertz CT molecular complexity index is 551. The Labute approximate surface area is 182 Å². The minimum absolute atomic E-state index is 0. The van der Waals surface area contributed by atoms with Crippen LogP contribution >= 0.6 is 46.9 Å². The summed E-state index contributed by atoms with van der Waals surface area (Å²) in [4.78, 5) is 8.02. The van der Waals surface area contributed by atoms with E-state index in [1.165, 1.54) is 4.88 Å². The molecule has 0 aromatic carbocycles. The van der Waals surface area contributed by atoms with E-state index in [-0.39, 0.29) is 24.0 Å². The predicted octanol–water partition coefficient (Wildman–Crippen LogP) is 2.20. The molecule has 1 atom stereocenters. The molecule has 0 radical (unpaired) electrons. The summed E-state index contributed by atoms with van der Waals surface area (Å²) in [6, 6.07) is 3.97. The van der Waals surface area contributed by atoms with Gasteiger partial charge in [0.1, 0.15) is 0 Å². The van der Waals surface area contributed by atoms with Crippen LogP contribution in [0.3, 0.4) is 0 Å². The molecule has 2 heterocycles. The number of ether oxygens (including phenoxy) is 1. The van der Waals surface area contributed by atoms with Gasteiger partial charge in [-0.1, -0.05) is 11.6 Å². The number of hydrogen-bond donors (Lipinski definition) is 3. The quantitative estimate of drug-likeness (QED) is 0.281. The van der Waals surface area contributed by atoms with Gasteiger partial charge in [0.15, 0.2) is 5.96 Å². The van der Waals surface area contributed by atoms with Crippen LogP contribution in [0, 0.1) is 0 Å². The van der Waals surface area contributed by atoms with Crippen molar-refractivity contribution in [3.63, 3.8) is 0 Å². The number of halogens is 2. The SMILES string of the molecule is CCNC(=NCC(C)(O)CN1CCOCC1)NCCc1ccc(Cl)s1.I. The molecule has 0 aliphatic carbocycles. The number of nitrogens with one attached hydrogen (secondary N) is 2. The minimum atomic E-state index is -0.860. The predicted molar refractivity (Wildman–Crippen MR) is 120 cm³/mol. The van der Waals surface area contributed by atoms with Crippen LogP contribution in [-0.4, -0.2) is 74.0 Å². The lowest BCUT2D eigenvalue weighted by molar-refractivity contribution is -0.0179. The van der Waals surface area contributed by atoms with E-state index in [9.17, 15) is 5.11 Å². The number of aliphatic imine (C=N–C) groups is 1. The fourth-order valence-corrected chi connectivity index (χ4v) is 3.76. The van der Waals surface area contributed by atoms with Crippen molar-refractivity contribution in [2.24, 2.45) is 4.99 Å². The third-order valence-corrected chi connectivity index (χ3v) is 5.17. The Balaban J connectivity index is 0.00000338. The van der Waals surface area contributed by atoms with E-state index >= 15 is 0 Å². The van der Waals surface area contributed by atoms with Crippen molar-refractivity contribution in [1.29, 1.82) is 0 Å². The van der Waals surface area contributed by atoms with Crippen molar-refractivity contribution in [2.75, 3.05) is 52.5 Å². The van der Waals surface area contributed by atoms with Gasteiger partial charge in [-0.3, -0.25) is 9.89 Å². The van der Waals surface area contributed by atoms with Gasteiger partial charge in [-0.15, -0.1) is 35.3 Å². The van der Waals surface area contributed by atoms with Gasteiger partial charge < -0.3 is 20.5 Å². The number of thiophene rings is 1. The molecule has 0 bridgehead atoms. The molecule has 9 heteroatoms. The second-order valence-electron chi connectivity index (χ2n) is 6.46. The number of guanidine groups is 1. The largest absolute Gasteiger partial charge is 0.387 e. The molecule has 6 nitrogen and oxygen atoms in total. The maximum atomic E-state index is 10.6. The van der Waals surface area contributed by atoms with Gasteiger partial charge in [0.25, 0.3) is 0 Å². The first-order chi connectivity index (χ1) is 12.0. The lowest BCUT2D eigenvalue weighted by atomic mass is 10.1. The normalized spacial score (nSPS) is 18.1. The molecule has 150 valence electrons. The van der Waals surface area contributed by atoms with Crippen LogP contribution < -0.4 is 10.6 Å². The molecule has 1 aliphatic rings. The van der Waals surface area contributed by atoms with E-state index in [0.29, 0.717) is 13.1 Å². The lowest BCUT2D eigenvalue weighted by Gasteiger charge is -2.33. The fraction of sp³-hybridized carbons (Fsp3) is 0.706. The summed E-state index contributed by atoms with van der Waals surface area (Å²) in [6.45, 7) is 9.56. The van der Waals surface area contributed by atoms with Crippen molar-refractivity contribution < 1.29 is 9.84 Å². The molecular formula is C17H30ClIN4O2S. The molecule has 0 spiro atoms. The first-order valence-electron chi connectivity index (χ1n) is 8.77. The number of hydrogen-bond acceptors (Lipinski definition) is 5. The monoisotopic (exact) mass is 516 g/mol. The van der Waals surface area contributed by atoms with Crippen LogP contribution in [-0.2, 0) is 11.2 Å². The van der Waals surface area contributed by atoms with Crippen molar-refractivity contribution in [3.8, 4) is 0 Å². The van der Waals surface area contributed by atoms with Crippen molar-refractivity contribution in [2.45, 2.75) is 25.9 Å². The Morgan fingerprint density at radius 3 is 2.73 bits per heavy atom. The zero-order chi connectivity index (χ0) is 18.1. The molecule has 1 aliphatic heterocycles. The van der Waals surface area contributed by atoms with Crippen molar-refractivity contribution >= 4 is 52.9 Å². The molecule has 26 heavy (non-hydrogen) atoms. The van der Waals surface area contributed by atoms with E-state index in [1.54, 1.807) is 11.3 Å². The number of β-amino-alcohol motifs (C(OH)–C–C–N with tert-alkyl or cyclic N) is 1. The highest BCUT2D eigenvalue weighted by Gasteiger charge is 2.25. The summed E-state index contributed by atoms with van der Waals surface area (Å²) in [6.07, 6.45) is 0.895. The van der Waals surface area contributed by atoms with Crippen LogP contribution in [0.25, 0.3) is 0 Å². The summed E-state index contributed by atoms with van der Waals surface area (Å²) in [7, 11) is 0. The van der Waals surface area contributed by atoms with E-state index in [2.05, 4.69) is 20.5 Å². The first-order valence-corrected chi connectivity index (χ1v) is 9.97. The lowest BCUT2D eigenvalue weighted by Crippen LogP contribution is -2.48. The molecule has 1 aromatic heterocycles. The average Bonchev–Trinajstić information content (AvgIpc) is 2.98. The van der Waals surface area contributed by atoms with Gasteiger partial charge in [0, 0.05) is 37.6 Å². The summed E-state index contributed by atoms with van der Waals surface area (Å²) < 4.78 is 6.16. The van der Waals surface area contributed by atoms with Crippen LogP contribution in [0.4, 0.5) is 0 Å². The van der Waals surface area contributed by atoms with E-state index < -0.39 is 5.60 Å². The van der Waals surface area contributed by atoms with Crippen LogP contribution in [0.1, 0.15) is 18.7 Å². The molecule has 1 saturated heterocycles. The maximum absolute atomic E-state index is 10.6. The Morgan fingerprint density at radius 2 is 2.12 bits per heavy atom. The Kier molecular flexibility index (Phi) is 11.4. The topological polar surface area (TPSA) is 69.1 Å². The van der Waals surface area contributed by atoms with E-state index in [0.717, 1.165) is 56.1 Å². The Hall–Kier alpha value is -0.130. The summed E-state index contributed by atoms with van der Waals surface area (Å²) in [5.41, 5.74) is -0.860. The van der Waals surface area contributed by atoms with Gasteiger partial charge in [-0.25, -0.2) is 0 Å². The first kappa shape index (κ1) is 23.9. The fourth-order valence-electron chi connectivity index (χ4n) is 2.67. The summed E-state index contributed by atoms with van der Waals surface area (Å²) in [5.74, 6) is 0.729. The van der Waals surface area contributed by atoms with Crippen molar-refractivity contribution in [3.05, 3.63) is 21.3 Å². The third kappa shape index (κ3) is 9.18. The number of morpholine rings is 1. The zero-order valence-corrected chi connectivity index (χ0v) is 19.4. The van der Waals surface area contributed by atoms with Gasteiger partial charge in [0.2, 0.25) is 0 Å². The highest BCUT2D eigenvalue weighted by molar-refractivity contribution is 14.0. The smallest absolute Gasteiger partial charge is 0.191 e. The molecule has 0 amide bonds. The number of rotatable bonds is 8. The molecule has 2 rings (SSSR count). The van der Waals surface area contributed by atoms with E-state index in [4.69, 9.17) is 16.3 Å². The van der Waals surface area contributed by atoms with Crippen LogP contribution in [0.2, 0.25) is 4.34 Å². The average molecular weight is 517 g/mol. The number of nitrogens with zero attached hydrogens (tertiary/aromatic N) is 2. The van der Waals surface area contributed by atoms with Gasteiger partial charge in [0.05, 0.1) is 29.7 Å². The summed E-state index contributed by atoms with van der Waals surface area (Å²) >= 11 is 7.55. The molecular weight excluding hydrogens is 487 g/mol. The molecule has 1 aromatic rings. The Morgan fingerprint density at radius 1 is 1.38 bits per heavy atom. The molecule has 3 N–H and O–H groups in total. The third-order valence-electron chi connectivity index (χ3n) is 3.88. The minimum Gasteiger partial charge on any atom is -0.387 e. The second-order valence-corrected chi connectivity index (χ2v) is 8.26. The standard InChI is InChI=1S/C17H29ClN4O2S.HI/c1-3-19-16(20-7-6-14-4-5-15(18)25-14)21-12-17(2,23)13-22-8-10-24-11-9-22;/h4-5,23H,3,6-13H2,1-2H3,(H2,19,20,21);1H. The van der Waals surface area contributed by atoms with Crippen molar-refractivity contribution in [1.82, 2.24) is 15.5 Å². The van der Waals surface area contributed by atoms with Gasteiger partial charge in [-0.2, -0.15) is 0 Å². The molecule has 1 fully saturated rings. The van der Waals surface area contributed by atoms with Gasteiger partial charge >= 0.3 is 0 Å². The second kappa shape index (κ2) is 12.4. The molecule has 1 unspecified atom stereocenters. The van der Waals surface area contributed by atoms with Gasteiger partial charge in [-0.05, 0) is 32.4 Å². The van der Waals surface area contributed by atoms with Crippen LogP contribution in [0.5, 0.6) is 0 Å². The summed E-state index contributed by atoms with van der Waals surface area (Å²) in [5, 5.41) is 17.2. The molecule has 0 saturated carbocycles. The highest BCUT2D eigenvalue weighted by atomic mass is 127. The van der Waals surface area contributed by atoms with E-state index in [1.807, 2.05) is 26.0 Å². The maximum Gasteiger partial charge on any atom is 0.191 e. The zero-order valence-electron chi connectivity index (χ0n) is 15.5. The van der Waals surface area contributed by atoms with Crippen LogP contribution in [0.15, 0.2) is 17.1 Å².